The number of hydrogen-bond donors (Lipinski definition) is 2. The number of aromatic nitrogens is 1. The predicted molar refractivity (Wildman–Crippen MR) is 123 cm³/mol. The predicted octanol–water partition coefficient (Wildman–Crippen LogP) is 6.26. The molecule has 7 nitrogen and oxygen atoms in total. The first-order valence-corrected chi connectivity index (χ1v) is 10.9. The van der Waals surface area contributed by atoms with Crippen molar-refractivity contribution in [3.05, 3.63) is 70.8 Å². The molecule has 5 rings (SSSR count). The van der Waals surface area contributed by atoms with E-state index in [4.69, 9.17) is 5.11 Å². The Kier molecular flexibility index (Phi) is 5.39. The first kappa shape index (κ1) is 24.5. The van der Waals surface area contributed by atoms with Crippen molar-refractivity contribution in [2.75, 3.05) is 5.32 Å². The van der Waals surface area contributed by atoms with E-state index in [0.717, 1.165) is 12.1 Å². The van der Waals surface area contributed by atoms with Gasteiger partial charge in [0.15, 0.2) is 11.5 Å². The van der Waals surface area contributed by atoms with Gasteiger partial charge in [-0.3, -0.25) is 4.79 Å². The summed E-state index contributed by atoms with van der Waals surface area (Å²) >= 11 is 0. The Morgan fingerprint density at radius 3 is 2.35 bits per heavy atom. The molecule has 1 fully saturated rings. The number of ether oxygens (including phenoxy) is 2. The molecule has 2 aromatic carbocycles. The van der Waals surface area contributed by atoms with E-state index in [9.17, 15) is 31.5 Å². The zero-order valence-electron chi connectivity index (χ0n) is 19.0. The fourth-order valence-corrected chi connectivity index (χ4v) is 4.28. The molecule has 12 heteroatoms. The molecule has 2 aliphatic rings. The summed E-state index contributed by atoms with van der Waals surface area (Å²) in [7, 11) is 0. The highest BCUT2D eigenvalue weighted by molar-refractivity contribution is 6.01. The highest BCUT2D eigenvalue weighted by Gasteiger charge is 2.53. The molecule has 0 bridgehead atoms. The minimum absolute atomic E-state index is 0. The third-order valence-corrected chi connectivity index (χ3v) is 6.31. The topological polar surface area (TPSA) is 97.8 Å². The summed E-state index contributed by atoms with van der Waals surface area (Å²) in [6.07, 6.45) is -7.84. The second-order valence-corrected chi connectivity index (χ2v) is 8.79. The number of carbonyl (C=O) groups excluding carboxylic acids is 1. The standard InChI is InChI=1S/C25H17F5N2O5.2H2/c1-12-10-13(21(33)34)2-4-15(12)20-16(24(26,27)28)5-7-19(31-20)32-22(35)23(8-9-23)14-3-6-17-18(11-14)37-25(29,30)36-17;;/h2-7,10-11H,8-9H2,1H3,(H,33,34)(H,31,32,35);2*1H. The number of nitrogens with zero attached hydrogens (tertiary/aromatic N) is 1. The first-order valence-electron chi connectivity index (χ1n) is 10.9. The van der Waals surface area contributed by atoms with Crippen LogP contribution in [0.3, 0.4) is 0 Å². The van der Waals surface area contributed by atoms with Gasteiger partial charge in [0.05, 0.1) is 22.2 Å². The summed E-state index contributed by atoms with van der Waals surface area (Å²) in [4.78, 5) is 28.5. The molecule has 2 heterocycles. The minimum atomic E-state index is -4.77. The number of pyridine rings is 1. The first-order chi connectivity index (χ1) is 17.3. The normalized spacial score (nSPS) is 16.8. The Balaban J connectivity index is 0.00000210. The number of carboxylic acids is 1. The van der Waals surface area contributed by atoms with Gasteiger partial charge in [0.2, 0.25) is 5.91 Å². The number of alkyl halides is 5. The van der Waals surface area contributed by atoms with Crippen LogP contribution in [0.15, 0.2) is 48.5 Å². The number of carboxylic acid groups (broad SMARTS) is 1. The lowest BCUT2D eigenvalue weighted by Crippen LogP contribution is -2.28. The van der Waals surface area contributed by atoms with Crippen LogP contribution in [0.25, 0.3) is 11.3 Å². The number of benzene rings is 2. The van der Waals surface area contributed by atoms with Crippen molar-refractivity contribution in [3.8, 4) is 22.8 Å². The van der Waals surface area contributed by atoms with Crippen molar-refractivity contribution in [3.63, 3.8) is 0 Å². The van der Waals surface area contributed by atoms with E-state index in [2.05, 4.69) is 19.8 Å². The van der Waals surface area contributed by atoms with Crippen LogP contribution >= 0.6 is 0 Å². The number of rotatable bonds is 5. The summed E-state index contributed by atoms with van der Waals surface area (Å²) in [5.74, 6) is -2.37. The molecular weight excluding hydrogens is 503 g/mol. The lowest BCUT2D eigenvalue weighted by Gasteiger charge is -2.18. The molecule has 196 valence electrons. The molecule has 0 unspecified atom stereocenters. The maximum atomic E-state index is 13.8. The van der Waals surface area contributed by atoms with Crippen LogP contribution in [0, 0.1) is 6.92 Å². The van der Waals surface area contributed by atoms with Crippen molar-refractivity contribution in [2.24, 2.45) is 0 Å². The quantitative estimate of drug-likeness (QED) is 0.383. The summed E-state index contributed by atoms with van der Waals surface area (Å²) in [6.45, 7) is 1.46. The molecule has 1 aliphatic carbocycles. The number of aryl methyl sites for hydroxylation is 1. The molecular formula is C25H21F5N2O5. The maximum Gasteiger partial charge on any atom is 0.586 e. The van der Waals surface area contributed by atoms with E-state index >= 15 is 0 Å². The second kappa shape index (κ2) is 8.15. The summed E-state index contributed by atoms with van der Waals surface area (Å²) in [5, 5.41) is 11.7. The van der Waals surface area contributed by atoms with E-state index in [1.54, 1.807) is 0 Å². The van der Waals surface area contributed by atoms with E-state index < -0.39 is 41.0 Å². The monoisotopic (exact) mass is 524 g/mol. The Hall–Kier alpha value is -4.22. The average molecular weight is 524 g/mol. The van der Waals surface area contributed by atoms with Crippen LogP contribution in [0.2, 0.25) is 0 Å². The van der Waals surface area contributed by atoms with E-state index in [1.165, 1.54) is 43.3 Å². The average Bonchev–Trinajstić information content (AvgIpc) is 3.55. The number of aromatic carboxylic acids is 1. The molecule has 3 aromatic rings. The van der Waals surface area contributed by atoms with Crippen LogP contribution in [0.4, 0.5) is 27.8 Å². The van der Waals surface area contributed by atoms with Gasteiger partial charge in [-0.05, 0) is 67.3 Å². The van der Waals surface area contributed by atoms with Crippen LogP contribution < -0.4 is 14.8 Å². The smallest absolute Gasteiger partial charge is 0.478 e. The van der Waals surface area contributed by atoms with Gasteiger partial charge >= 0.3 is 18.4 Å². The fraction of sp³-hybridized carbons (Fsp3) is 0.240. The number of carbonyl (C=O) groups is 2. The number of fused-ring (bicyclic) bond motifs is 1. The van der Waals surface area contributed by atoms with Crippen LogP contribution in [0.5, 0.6) is 11.5 Å². The molecule has 1 aliphatic heterocycles. The molecule has 37 heavy (non-hydrogen) atoms. The summed E-state index contributed by atoms with van der Waals surface area (Å²) < 4.78 is 76.8. The van der Waals surface area contributed by atoms with E-state index in [0.29, 0.717) is 18.4 Å². The number of nitrogens with one attached hydrogen (secondary N) is 1. The van der Waals surface area contributed by atoms with Crippen molar-refractivity contribution in [2.45, 2.75) is 37.7 Å². The van der Waals surface area contributed by atoms with Crippen molar-refractivity contribution >= 4 is 17.7 Å². The third-order valence-electron chi connectivity index (χ3n) is 6.31. The van der Waals surface area contributed by atoms with Crippen LogP contribution in [-0.2, 0) is 16.4 Å². The lowest BCUT2D eigenvalue weighted by atomic mass is 9.94. The Bertz CT molecular complexity index is 1460. The Morgan fingerprint density at radius 2 is 1.73 bits per heavy atom. The zero-order valence-corrected chi connectivity index (χ0v) is 19.0. The number of hydrogen-bond acceptors (Lipinski definition) is 5. The maximum absolute atomic E-state index is 13.8. The largest absolute Gasteiger partial charge is 0.586 e. The van der Waals surface area contributed by atoms with Gasteiger partial charge in [0.1, 0.15) is 5.82 Å². The van der Waals surface area contributed by atoms with Crippen LogP contribution in [0.1, 0.15) is 42.7 Å². The molecule has 1 saturated carbocycles. The second-order valence-electron chi connectivity index (χ2n) is 8.79. The Labute approximate surface area is 208 Å². The molecule has 1 amide bonds. The lowest BCUT2D eigenvalue weighted by molar-refractivity contribution is -0.286. The van der Waals surface area contributed by atoms with Crippen molar-refractivity contribution < 1.29 is 49.0 Å². The Morgan fingerprint density at radius 1 is 1.03 bits per heavy atom. The van der Waals surface area contributed by atoms with Crippen molar-refractivity contribution in [1.29, 1.82) is 0 Å². The third kappa shape index (κ3) is 4.43. The molecule has 2 N–H and O–H groups in total. The van der Waals surface area contributed by atoms with Gasteiger partial charge in [-0.15, -0.1) is 8.78 Å². The van der Waals surface area contributed by atoms with Gasteiger partial charge < -0.3 is 19.9 Å². The highest BCUT2D eigenvalue weighted by atomic mass is 19.4. The minimum Gasteiger partial charge on any atom is -0.478 e. The highest BCUT2D eigenvalue weighted by Crippen LogP contribution is 2.52. The molecule has 0 atom stereocenters. The molecule has 0 radical (unpaired) electrons. The fourth-order valence-electron chi connectivity index (χ4n) is 4.28. The number of anilines is 1. The number of amides is 1. The van der Waals surface area contributed by atoms with Crippen LogP contribution in [-0.4, -0.2) is 28.3 Å². The summed E-state index contributed by atoms with van der Waals surface area (Å²) in [5.41, 5.74) is -2.05. The van der Waals surface area contributed by atoms with Gasteiger partial charge in [0.25, 0.3) is 0 Å². The van der Waals surface area contributed by atoms with E-state index in [-0.39, 0.29) is 36.9 Å². The summed E-state index contributed by atoms with van der Waals surface area (Å²) in [6, 6.07) is 9.42. The van der Waals surface area contributed by atoms with E-state index in [1.807, 2.05) is 0 Å². The van der Waals surface area contributed by atoms with Gasteiger partial charge in [-0.1, -0.05) is 12.1 Å². The van der Waals surface area contributed by atoms with Gasteiger partial charge in [0, 0.05) is 8.42 Å². The van der Waals surface area contributed by atoms with Gasteiger partial charge in [-0.25, -0.2) is 9.78 Å². The molecule has 1 aromatic heterocycles. The number of halogens is 5. The van der Waals surface area contributed by atoms with Gasteiger partial charge in [-0.2, -0.15) is 13.2 Å². The molecule has 0 saturated heterocycles. The zero-order chi connectivity index (χ0) is 26.8. The SMILES string of the molecule is Cc1cc(C(=O)O)ccc1-c1nc(NC(=O)C2(c3ccc4c(c3)OC(F)(F)O4)CC2)ccc1C(F)(F)F.[HH].[HH]. The van der Waals surface area contributed by atoms with Crippen molar-refractivity contribution in [1.82, 2.24) is 4.98 Å². The molecule has 0 spiro atoms.